The Morgan fingerprint density at radius 1 is 1.05 bits per heavy atom. The highest BCUT2D eigenvalue weighted by Crippen LogP contribution is 2.37. The third-order valence-corrected chi connectivity index (χ3v) is 3.69. The van der Waals surface area contributed by atoms with Gasteiger partial charge in [-0.25, -0.2) is 0 Å². The van der Waals surface area contributed by atoms with Crippen molar-refractivity contribution in [3.8, 4) is 0 Å². The molecule has 0 bridgehead atoms. The molecule has 3 rings (SSSR count). The van der Waals surface area contributed by atoms with Gasteiger partial charge in [0.05, 0.1) is 24.4 Å². The van der Waals surface area contributed by atoms with Crippen molar-refractivity contribution >= 4 is 33.2 Å². The number of benzene rings is 2. The van der Waals surface area contributed by atoms with E-state index < -0.39 is 0 Å². The van der Waals surface area contributed by atoms with Gasteiger partial charge in [0.15, 0.2) is 0 Å². The summed E-state index contributed by atoms with van der Waals surface area (Å²) in [5.74, 6) is 0. The van der Waals surface area contributed by atoms with Crippen LogP contribution in [0.4, 0.5) is 11.4 Å². The Bertz CT molecular complexity index is 780. The number of nitrogens with one attached hydrogen (secondary N) is 1. The normalized spacial score (nSPS) is 11.3. The summed E-state index contributed by atoms with van der Waals surface area (Å²) in [4.78, 5) is 0. The summed E-state index contributed by atoms with van der Waals surface area (Å²) in [6, 6.07) is 11.8. The molecular weight excluding hydrogens is 266 g/mol. The van der Waals surface area contributed by atoms with E-state index in [1.54, 1.807) is 0 Å². The van der Waals surface area contributed by atoms with Crippen molar-refractivity contribution in [3.05, 3.63) is 36.4 Å². The average molecular weight is 285 g/mol. The Morgan fingerprint density at radius 3 is 2.62 bits per heavy atom. The second-order valence-corrected chi connectivity index (χ2v) is 4.97. The maximum Gasteiger partial charge on any atom is 0.0746 e. The van der Waals surface area contributed by atoms with Gasteiger partial charge >= 0.3 is 0 Å². The van der Waals surface area contributed by atoms with Crippen LogP contribution in [0.25, 0.3) is 21.8 Å². The monoisotopic (exact) mass is 285 g/mol. The molecule has 0 atom stereocenters. The van der Waals surface area contributed by atoms with Crippen molar-refractivity contribution in [2.24, 2.45) is 0 Å². The number of aliphatic hydroxyl groups excluding tert-OH is 2. The first-order valence-corrected chi connectivity index (χ1v) is 7.03. The molecule has 0 unspecified atom stereocenters. The standard InChI is InChI=1S/C16H19N3O2/c17-12-5-6-13(18-7-9-20)15-11-3-1-2-4-14(11)19(8-10-21)16(12)15/h1-6,18,20-21H,7-10,17H2. The fourth-order valence-electron chi connectivity index (χ4n) is 2.88. The van der Waals surface area contributed by atoms with Crippen LogP contribution in [0.3, 0.4) is 0 Å². The number of aromatic nitrogens is 1. The van der Waals surface area contributed by atoms with Crippen molar-refractivity contribution in [2.45, 2.75) is 6.54 Å². The minimum atomic E-state index is 0.0571. The molecule has 0 saturated carbocycles. The lowest BCUT2D eigenvalue weighted by Gasteiger charge is -2.10. The predicted molar refractivity (Wildman–Crippen MR) is 86.5 cm³/mol. The van der Waals surface area contributed by atoms with Gasteiger partial charge in [-0.3, -0.25) is 0 Å². The second kappa shape index (κ2) is 5.63. The highest BCUT2D eigenvalue weighted by atomic mass is 16.3. The molecule has 5 nitrogen and oxygen atoms in total. The highest BCUT2D eigenvalue weighted by molar-refractivity contribution is 6.17. The first kappa shape index (κ1) is 13.7. The molecule has 0 saturated heterocycles. The van der Waals surface area contributed by atoms with E-state index in [9.17, 15) is 5.11 Å². The van der Waals surface area contributed by atoms with Crippen molar-refractivity contribution < 1.29 is 10.2 Å². The fourth-order valence-corrected chi connectivity index (χ4v) is 2.88. The first-order valence-electron chi connectivity index (χ1n) is 7.03. The number of anilines is 2. The number of hydrogen-bond donors (Lipinski definition) is 4. The first-order chi connectivity index (χ1) is 10.3. The van der Waals surface area contributed by atoms with Crippen LogP contribution in [0.2, 0.25) is 0 Å². The van der Waals surface area contributed by atoms with Crippen LogP contribution in [0.5, 0.6) is 0 Å². The van der Waals surface area contributed by atoms with Gasteiger partial charge in [-0.05, 0) is 18.2 Å². The molecule has 1 aromatic heterocycles. The second-order valence-electron chi connectivity index (χ2n) is 4.97. The molecule has 0 aliphatic heterocycles. The lowest BCUT2D eigenvalue weighted by atomic mass is 10.1. The molecule has 3 aromatic rings. The van der Waals surface area contributed by atoms with Gasteiger partial charge in [0.1, 0.15) is 0 Å². The molecule has 5 heteroatoms. The number of para-hydroxylation sites is 1. The number of hydrogen-bond acceptors (Lipinski definition) is 4. The van der Waals surface area contributed by atoms with Gasteiger partial charge in [-0.1, -0.05) is 18.2 Å². The van der Waals surface area contributed by atoms with Crippen LogP contribution in [0.15, 0.2) is 36.4 Å². The average Bonchev–Trinajstić information content (AvgIpc) is 2.84. The SMILES string of the molecule is Nc1ccc(NCCO)c2c3ccccc3n(CCO)c12. The maximum absolute atomic E-state index is 9.35. The molecule has 0 aliphatic rings. The summed E-state index contributed by atoms with van der Waals surface area (Å²) in [6.45, 7) is 1.11. The molecule has 0 aliphatic carbocycles. The fraction of sp³-hybridized carbons (Fsp3) is 0.250. The molecule has 0 radical (unpaired) electrons. The molecule has 0 fully saturated rings. The van der Waals surface area contributed by atoms with Crippen LogP contribution in [-0.2, 0) is 6.54 Å². The smallest absolute Gasteiger partial charge is 0.0746 e. The Balaban J connectivity index is 2.37. The van der Waals surface area contributed by atoms with E-state index in [0.29, 0.717) is 18.8 Å². The van der Waals surface area contributed by atoms with E-state index in [4.69, 9.17) is 10.8 Å². The number of fused-ring (bicyclic) bond motifs is 3. The Kier molecular flexibility index (Phi) is 3.68. The number of nitrogens with zero attached hydrogens (tertiary/aromatic N) is 1. The minimum absolute atomic E-state index is 0.0571. The van der Waals surface area contributed by atoms with Gasteiger partial charge in [-0.2, -0.15) is 0 Å². The zero-order valence-electron chi connectivity index (χ0n) is 11.7. The molecule has 0 amide bonds. The lowest BCUT2D eigenvalue weighted by Crippen LogP contribution is -2.07. The van der Waals surface area contributed by atoms with Crippen LogP contribution in [0.1, 0.15) is 0 Å². The maximum atomic E-state index is 9.35. The number of aliphatic hydroxyl groups is 2. The number of rotatable bonds is 5. The summed E-state index contributed by atoms with van der Waals surface area (Å²) in [5.41, 5.74) is 9.77. The van der Waals surface area contributed by atoms with Gasteiger partial charge in [-0.15, -0.1) is 0 Å². The van der Waals surface area contributed by atoms with E-state index in [-0.39, 0.29) is 13.2 Å². The van der Waals surface area contributed by atoms with Gasteiger partial charge < -0.3 is 25.8 Å². The molecule has 5 N–H and O–H groups in total. The molecule has 21 heavy (non-hydrogen) atoms. The topological polar surface area (TPSA) is 83.4 Å². The zero-order chi connectivity index (χ0) is 14.8. The molecular formula is C16H19N3O2. The molecule has 0 spiro atoms. The van der Waals surface area contributed by atoms with Crippen molar-refractivity contribution in [3.63, 3.8) is 0 Å². The third-order valence-electron chi connectivity index (χ3n) is 3.69. The van der Waals surface area contributed by atoms with Crippen LogP contribution in [-0.4, -0.2) is 34.5 Å². The van der Waals surface area contributed by atoms with E-state index in [1.165, 1.54) is 0 Å². The minimum Gasteiger partial charge on any atom is -0.397 e. The Morgan fingerprint density at radius 2 is 1.86 bits per heavy atom. The summed E-state index contributed by atoms with van der Waals surface area (Å²) < 4.78 is 2.05. The Labute approximate surface area is 122 Å². The summed E-state index contributed by atoms with van der Waals surface area (Å²) in [7, 11) is 0. The van der Waals surface area contributed by atoms with Crippen LogP contribution >= 0.6 is 0 Å². The van der Waals surface area contributed by atoms with E-state index in [1.807, 2.05) is 34.9 Å². The van der Waals surface area contributed by atoms with Gasteiger partial charge in [0, 0.05) is 35.1 Å². The Hall–Kier alpha value is -2.24. The van der Waals surface area contributed by atoms with Crippen LogP contribution < -0.4 is 11.1 Å². The van der Waals surface area contributed by atoms with E-state index >= 15 is 0 Å². The number of nitrogen functional groups attached to an aromatic ring is 1. The summed E-state index contributed by atoms with van der Waals surface area (Å²) in [6.07, 6.45) is 0. The van der Waals surface area contributed by atoms with Crippen molar-refractivity contribution in [2.75, 3.05) is 30.8 Å². The largest absolute Gasteiger partial charge is 0.397 e. The zero-order valence-corrected chi connectivity index (χ0v) is 11.7. The van der Waals surface area contributed by atoms with Crippen LogP contribution in [0, 0.1) is 0 Å². The third kappa shape index (κ3) is 2.20. The number of nitrogens with two attached hydrogens (primary N) is 1. The van der Waals surface area contributed by atoms with E-state index in [2.05, 4.69) is 11.4 Å². The van der Waals surface area contributed by atoms with Crippen molar-refractivity contribution in [1.29, 1.82) is 0 Å². The summed E-state index contributed by atoms with van der Waals surface area (Å²) in [5, 5.41) is 23.7. The highest BCUT2D eigenvalue weighted by Gasteiger charge is 2.15. The van der Waals surface area contributed by atoms with Gasteiger partial charge in [0.25, 0.3) is 0 Å². The molecule has 1 heterocycles. The lowest BCUT2D eigenvalue weighted by molar-refractivity contribution is 0.280. The van der Waals surface area contributed by atoms with Gasteiger partial charge in [0.2, 0.25) is 0 Å². The molecule has 2 aromatic carbocycles. The summed E-state index contributed by atoms with van der Waals surface area (Å²) >= 11 is 0. The van der Waals surface area contributed by atoms with Crippen molar-refractivity contribution in [1.82, 2.24) is 4.57 Å². The predicted octanol–water partition coefficient (Wildman–Crippen LogP) is 1.77. The quantitative estimate of drug-likeness (QED) is 0.538. The van der Waals surface area contributed by atoms with E-state index in [0.717, 1.165) is 27.5 Å². The molecule has 110 valence electrons.